The van der Waals surface area contributed by atoms with Crippen LogP contribution >= 0.6 is 0 Å². The molecule has 18 heavy (non-hydrogen) atoms. The molecule has 0 spiro atoms. The molecular weight excluding hydrogens is 234 g/mol. The van der Waals surface area contributed by atoms with E-state index in [9.17, 15) is 10.1 Å². The zero-order valence-corrected chi connectivity index (χ0v) is 10.3. The third-order valence-electron chi connectivity index (χ3n) is 2.99. The topological polar surface area (TPSA) is 83.3 Å². The van der Waals surface area contributed by atoms with Crippen LogP contribution in [0.15, 0.2) is 18.3 Å². The van der Waals surface area contributed by atoms with E-state index in [-0.39, 0.29) is 11.4 Å². The molecule has 0 saturated carbocycles. The second-order valence-electron chi connectivity index (χ2n) is 4.07. The largest absolute Gasteiger partial charge is 0.490 e. The van der Waals surface area contributed by atoms with Gasteiger partial charge in [0, 0.05) is 13.2 Å². The van der Waals surface area contributed by atoms with E-state index >= 15 is 0 Å². The van der Waals surface area contributed by atoms with Crippen molar-refractivity contribution in [2.45, 2.75) is 6.42 Å². The van der Waals surface area contributed by atoms with Crippen molar-refractivity contribution in [2.24, 2.45) is 12.8 Å². The molecule has 0 amide bonds. The summed E-state index contributed by atoms with van der Waals surface area (Å²) in [4.78, 5) is 10.8. The summed E-state index contributed by atoms with van der Waals surface area (Å²) in [5, 5.41) is 11.9. The van der Waals surface area contributed by atoms with Gasteiger partial charge in [-0.3, -0.25) is 10.1 Å². The maximum atomic E-state index is 11.2. The first-order valence-corrected chi connectivity index (χ1v) is 5.59. The van der Waals surface area contributed by atoms with Gasteiger partial charge < -0.3 is 15.0 Å². The number of ether oxygens (including phenoxy) is 1. The van der Waals surface area contributed by atoms with Crippen LogP contribution in [0.3, 0.4) is 0 Å². The Morgan fingerprint density at radius 2 is 2.22 bits per heavy atom. The average Bonchev–Trinajstić information content (AvgIpc) is 2.65. The third-order valence-corrected chi connectivity index (χ3v) is 2.99. The number of hydrogen-bond donors (Lipinski definition) is 1. The molecule has 2 aromatic rings. The van der Waals surface area contributed by atoms with E-state index in [1.165, 1.54) is 7.11 Å². The van der Waals surface area contributed by atoms with E-state index in [2.05, 4.69) is 0 Å². The Balaban J connectivity index is 2.84. The third kappa shape index (κ3) is 1.80. The van der Waals surface area contributed by atoms with E-state index in [0.29, 0.717) is 18.4 Å². The van der Waals surface area contributed by atoms with Gasteiger partial charge in [0.15, 0.2) is 5.75 Å². The SMILES string of the molecule is COc1ccc2c(c(CCN)cn2C)c1[N+](=O)[O-]. The summed E-state index contributed by atoms with van der Waals surface area (Å²) in [5.41, 5.74) is 7.25. The molecule has 0 aliphatic heterocycles. The summed E-state index contributed by atoms with van der Waals surface area (Å²) < 4.78 is 6.94. The highest BCUT2D eigenvalue weighted by Crippen LogP contribution is 2.37. The molecule has 1 aromatic carbocycles. The molecular formula is C12H15N3O3. The van der Waals surface area contributed by atoms with Gasteiger partial charge in [-0.2, -0.15) is 0 Å². The first-order valence-electron chi connectivity index (χ1n) is 5.59. The number of nitrogens with two attached hydrogens (primary N) is 1. The molecule has 0 fully saturated rings. The molecule has 0 aliphatic rings. The minimum absolute atomic E-state index is 0.0130. The van der Waals surface area contributed by atoms with Gasteiger partial charge in [0.25, 0.3) is 0 Å². The molecule has 96 valence electrons. The molecule has 1 heterocycles. The van der Waals surface area contributed by atoms with Crippen LogP contribution in [0.4, 0.5) is 5.69 Å². The first kappa shape index (κ1) is 12.4. The van der Waals surface area contributed by atoms with Crippen LogP contribution in [-0.2, 0) is 13.5 Å². The number of fused-ring (bicyclic) bond motifs is 1. The number of nitro groups is 1. The van der Waals surface area contributed by atoms with Crippen LogP contribution in [0.2, 0.25) is 0 Å². The minimum Gasteiger partial charge on any atom is -0.490 e. The van der Waals surface area contributed by atoms with Crippen LogP contribution in [0.1, 0.15) is 5.56 Å². The molecule has 2 N–H and O–H groups in total. The maximum Gasteiger partial charge on any atom is 0.320 e. The number of hydrogen-bond acceptors (Lipinski definition) is 4. The average molecular weight is 249 g/mol. The molecule has 6 heteroatoms. The molecule has 2 rings (SSSR count). The van der Waals surface area contributed by atoms with E-state index in [1.54, 1.807) is 6.07 Å². The van der Waals surface area contributed by atoms with Crippen molar-refractivity contribution < 1.29 is 9.66 Å². The highest BCUT2D eigenvalue weighted by atomic mass is 16.6. The van der Waals surface area contributed by atoms with Gasteiger partial charge in [-0.25, -0.2) is 0 Å². The lowest BCUT2D eigenvalue weighted by Crippen LogP contribution is -2.03. The Kier molecular flexibility index (Phi) is 3.20. The Bertz CT molecular complexity index is 604. The minimum atomic E-state index is -0.402. The van der Waals surface area contributed by atoms with E-state index < -0.39 is 4.92 Å². The lowest BCUT2D eigenvalue weighted by Gasteiger charge is -2.04. The second-order valence-corrected chi connectivity index (χ2v) is 4.07. The molecule has 1 aromatic heterocycles. The predicted molar refractivity (Wildman–Crippen MR) is 68.9 cm³/mol. The molecule has 0 unspecified atom stereocenters. The summed E-state index contributed by atoms with van der Waals surface area (Å²) >= 11 is 0. The predicted octanol–water partition coefficient (Wildman–Crippen LogP) is 1.60. The highest BCUT2D eigenvalue weighted by molar-refractivity contribution is 5.95. The summed E-state index contributed by atoms with van der Waals surface area (Å²) in [7, 11) is 3.29. The number of nitrogens with zero attached hydrogens (tertiary/aromatic N) is 2. The maximum absolute atomic E-state index is 11.2. The van der Waals surface area contributed by atoms with Crippen molar-refractivity contribution in [3.63, 3.8) is 0 Å². The van der Waals surface area contributed by atoms with Crippen molar-refractivity contribution >= 4 is 16.6 Å². The van der Waals surface area contributed by atoms with Crippen molar-refractivity contribution in [3.8, 4) is 5.75 Å². The molecule has 0 atom stereocenters. The molecule has 0 aliphatic carbocycles. The van der Waals surface area contributed by atoms with Gasteiger partial charge in [-0.1, -0.05) is 0 Å². The number of methoxy groups -OCH3 is 1. The standard InChI is InChI=1S/C12H15N3O3/c1-14-7-8(5-6-13)11-9(14)3-4-10(18-2)12(11)15(16)17/h3-4,7H,5-6,13H2,1-2H3. The highest BCUT2D eigenvalue weighted by Gasteiger charge is 2.23. The Labute approximate surface area is 104 Å². The van der Waals surface area contributed by atoms with Gasteiger partial charge in [0.05, 0.1) is 22.9 Å². The van der Waals surface area contributed by atoms with E-state index in [4.69, 9.17) is 10.5 Å². The van der Waals surface area contributed by atoms with Gasteiger partial charge in [0.2, 0.25) is 0 Å². The number of nitro benzene ring substituents is 1. The molecule has 0 bridgehead atoms. The number of rotatable bonds is 4. The van der Waals surface area contributed by atoms with Crippen molar-refractivity contribution in [1.82, 2.24) is 4.57 Å². The van der Waals surface area contributed by atoms with Crippen LogP contribution in [0, 0.1) is 10.1 Å². The normalized spacial score (nSPS) is 10.8. The van der Waals surface area contributed by atoms with Gasteiger partial charge in [0.1, 0.15) is 0 Å². The van der Waals surface area contributed by atoms with Crippen LogP contribution in [0.5, 0.6) is 5.75 Å². The van der Waals surface area contributed by atoms with Crippen LogP contribution < -0.4 is 10.5 Å². The Hall–Kier alpha value is -2.08. The van der Waals surface area contributed by atoms with E-state index in [0.717, 1.165) is 11.1 Å². The van der Waals surface area contributed by atoms with Crippen LogP contribution in [0.25, 0.3) is 10.9 Å². The molecule has 0 radical (unpaired) electrons. The molecule has 0 saturated heterocycles. The Morgan fingerprint density at radius 3 is 2.78 bits per heavy atom. The van der Waals surface area contributed by atoms with Crippen molar-refractivity contribution in [1.29, 1.82) is 0 Å². The second kappa shape index (κ2) is 4.66. The van der Waals surface area contributed by atoms with Gasteiger partial charge in [-0.15, -0.1) is 0 Å². The first-order chi connectivity index (χ1) is 8.60. The quantitative estimate of drug-likeness (QED) is 0.659. The lowest BCUT2D eigenvalue weighted by atomic mass is 10.1. The van der Waals surface area contributed by atoms with Crippen molar-refractivity contribution in [3.05, 3.63) is 34.0 Å². The zero-order chi connectivity index (χ0) is 13.3. The fraction of sp³-hybridized carbons (Fsp3) is 0.333. The number of benzene rings is 1. The zero-order valence-electron chi connectivity index (χ0n) is 10.3. The van der Waals surface area contributed by atoms with E-state index in [1.807, 2.05) is 23.9 Å². The number of aryl methyl sites for hydroxylation is 1. The lowest BCUT2D eigenvalue weighted by molar-refractivity contribution is -0.384. The monoisotopic (exact) mass is 249 g/mol. The summed E-state index contributed by atoms with van der Waals surface area (Å²) in [6.45, 7) is 0.452. The van der Waals surface area contributed by atoms with Gasteiger partial charge in [-0.05, 0) is 30.7 Å². The van der Waals surface area contributed by atoms with Crippen LogP contribution in [-0.4, -0.2) is 23.1 Å². The summed E-state index contributed by atoms with van der Waals surface area (Å²) in [5.74, 6) is 0.275. The molecule has 6 nitrogen and oxygen atoms in total. The smallest absolute Gasteiger partial charge is 0.320 e. The fourth-order valence-corrected chi connectivity index (χ4v) is 2.23. The summed E-state index contributed by atoms with van der Waals surface area (Å²) in [6.07, 6.45) is 2.48. The fourth-order valence-electron chi connectivity index (χ4n) is 2.23. The Morgan fingerprint density at radius 1 is 1.50 bits per heavy atom. The summed E-state index contributed by atoms with van der Waals surface area (Å²) in [6, 6.07) is 3.44. The van der Waals surface area contributed by atoms with Gasteiger partial charge >= 0.3 is 5.69 Å². The number of aromatic nitrogens is 1. The van der Waals surface area contributed by atoms with Crippen molar-refractivity contribution in [2.75, 3.05) is 13.7 Å².